The maximum Gasteiger partial charge on any atom is 0.239 e. The SMILES string of the molecule is CNCC1CN(c2cc(C)cc(C)c2)CC(=O)N1. The van der Waals surface area contributed by atoms with E-state index in [1.165, 1.54) is 11.1 Å². The lowest BCUT2D eigenvalue weighted by Crippen LogP contribution is -2.57. The molecule has 4 nitrogen and oxygen atoms in total. The number of likely N-dealkylation sites (N-methyl/N-ethyl adjacent to an activating group) is 1. The van der Waals surface area contributed by atoms with Gasteiger partial charge >= 0.3 is 0 Å². The molecule has 2 rings (SSSR count). The molecule has 1 aromatic rings. The number of rotatable bonds is 3. The minimum absolute atomic E-state index is 0.0978. The second kappa shape index (κ2) is 5.40. The Balaban J connectivity index is 2.18. The van der Waals surface area contributed by atoms with Crippen LogP contribution in [0.2, 0.25) is 0 Å². The number of aryl methyl sites for hydroxylation is 2. The summed E-state index contributed by atoms with van der Waals surface area (Å²) >= 11 is 0. The number of hydrogen-bond acceptors (Lipinski definition) is 3. The van der Waals surface area contributed by atoms with Crippen LogP contribution in [0.5, 0.6) is 0 Å². The first-order chi connectivity index (χ1) is 8.58. The largest absolute Gasteiger partial charge is 0.360 e. The van der Waals surface area contributed by atoms with E-state index >= 15 is 0 Å². The molecule has 0 saturated carbocycles. The topological polar surface area (TPSA) is 44.4 Å². The van der Waals surface area contributed by atoms with Crippen LogP contribution in [0.25, 0.3) is 0 Å². The summed E-state index contributed by atoms with van der Waals surface area (Å²) in [5.74, 6) is 0.0978. The molecule has 0 radical (unpaired) electrons. The lowest BCUT2D eigenvalue weighted by atomic mass is 10.1. The number of hydrogen-bond donors (Lipinski definition) is 2. The molecule has 1 heterocycles. The zero-order chi connectivity index (χ0) is 13.1. The summed E-state index contributed by atoms with van der Waals surface area (Å²) in [6, 6.07) is 6.61. The molecule has 0 bridgehead atoms. The molecule has 18 heavy (non-hydrogen) atoms. The van der Waals surface area contributed by atoms with Gasteiger partial charge in [0.05, 0.1) is 12.6 Å². The number of carbonyl (C=O) groups is 1. The Morgan fingerprint density at radius 1 is 1.33 bits per heavy atom. The van der Waals surface area contributed by atoms with Crippen LogP contribution in [0, 0.1) is 13.8 Å². The van der Waals surface area contributed by atoms with Crippen molar-refractivity contribution in [3.8, 4) is 0 Å². The number of nitrogens with zero attached hydrogens (tertiary/aromatic N) is 1. The molecule has 2 N–H and O–H groups in total. The van der Waals surface area contributed by atoms with Gasteiger partial charge in [0.2, 0.25) is 5.91 Å². The van der Waals surface area contributed by atoms with Gasteiger partial charge in [-0.25, -0.2) is 0 Å². The lowest BCUT2D eigenvalue weighted by molar-refractivity contribution is -0.121. The van der Waals surface area contributed by atoms with Gasteiger partial charge in [0.15, 0.2) is 0 Å². The fourth-order valence-electron chi connectivity index (χ4n) is 2.51. The first-order valence-electron chi connectivity index (χ1n) is 6.35. The summed E-state index contributed by atoms with van der Waals surface area (Å²) < 4.78 is 0. The van der Waals surface area contributed by atoms with Crippen molar-refractivity contribution in [3.05, 3.63) is 29.3 Å². The number of nitrogens with one attached hydrogen (secondary N) is 2. The van der Waals surface area contributed by atoms with Crippen LogP contribution in [0.3, 0.4) is 0 Å². The van der Waals surface area contributed by atoms with Crippen LogP contribution >= 0.6 is 0 Å². The van der Waals surface area contributed by atoms with E-state index in [0.717, 1.165) is 18.8 Å². The second-order valence-corrected chi connectivity index (χ2v) is 5.05. The molecule has 1 unspecified atom stereocenters. The summed E-state index contributed by atoms with van der Waals surface area (Å²) in [7, 11) is 1.90. The maximum absolute atomic E-state index is 11.7. The van der Waals surface area contributed by atoms with Crippen molar-refractivity contribution in [1.29, 1.82) is 0 Å². The van der Waals surface area contributed by atoms with Gasteiger partial charge in [0.25, 0.3) is 0 Å². The van der Waals surface area contributed by atoms with Crippen LogP contribution in [0.15, 0.2) is 18.2 Å². The van der Waals surface area contributed by atoms with Crippen molar-refractivity contribution >= 4 is 11.6 Å². The quantitative estimate of drug-likeness (QED) is 0.831. The molecule has 1 aromatic carbocycles. The van der Waals surface area contributed by atoms with Gasteiger partial charge in [0, 0.05) is 18.8 Å². The van der Waals surface area contributed by atoms with Crippen LogP contribution in [-0.4, -0.2) is 38.6 Å². The Labute approximate surface area is 108 Å². The van der Waals surface area contributed by atoms with Crippen molar-refractivity contribution in [3.63, 3.8) is 0 Å². The van der Waals surface area contributed by atoms with E-state index in [1.54, 1.807) is 0 Å². The van der Waals surface area contributed by atoms with Crippen molar-refractivity contribution < 1.29 is 4.79 Å². The van der Waals surface area contributed by atoms with Crippen LogP contribution in [-0.2, 0) is 4.79 Å². The van der Waals surface area contributed by atoms with E-state index in [9.17, 15) is 4.79 Å². The molecule has 4 heteroatoms. The Kier molecular flexibility index (Phi) is 3.87. The van der Waals surface area contributed by atoms with Crippen LogP contribution < -0.4 is 15.5 Å². The predicted octanol–water partition coefficient (Wildman–Crippen LogP) is 0.828. The maximum atomic E-state index is 11.7. The Morgan fingerprint density at radius 2 is 2.00 bits per heavy atom. The molecule has 98 valence electrons. The molecule has 1 aliphatic heterocycles. The van der Waals surface area contributed by atoms with E-state index in [2.05, 4.69) is 47.6 Å². The highest BCUT2D eigenvalue weighted by atomic mass is 16.2. The lowest BCUT2D eigenvalue weighted by Gasteiger charge is -2.34. The summed E-state index contributed by atoms with van der Waals surface area (Å²) in [5.41, 5.74) is 3.62. The van der Waals surface area contributed by atoms with Crippen LogP contribution in [0.1, 0.15) is 11.1 Å². The monoisotopic (exact) mass is 247 g/mol. The molecule has 1 atom stereocenters. The first kappa shape index (κ1) is 12.9. The fraction of sp³-hybridized carbons (Fsp3) is 0.500. The number of carbonyl (C=O) groups excluding carboxylic acids is 1. The number of anilines is 1. The standard InChI is InChI=1S/C14H21N3O/c1-10-4-11(2)6-13(5-10)17-8-12(7-15-3)16-14(18)9-17/h4-6,12,15H,7-9H2,1-3H3,(H,16,18). The average Bonchev–Trinajstić information content (AvgIpc) is 2.27. The third-order valence-electron chi connectivity index (χ3n) is 3.16. The van der Waals surface area contributed by atoms with Gasteiger partial charge in [-0.15, -0.1) is 0 Å². The Hall–Kier alpha value is -1.55. The number of piperazine rings is 1. The minimum atomic E-state index is 0.0978. The Bertz CT molecular complexity index is 424. The third kappa shape index (κ3) is 3.01. The minimum Gasteiger partial charge on any atom is -0.360 e. The predicted molar refractivity (Wildman–Crippen MR) is 74.0 cm³/mol. The number of amides is 1. The molecular formula is C14H21N3O. The highest BCUT2D eigenvalue weighted by Gasteiger charge is 2.24. The van der Waals surface area contributed by atoms with E-state index in [1.807, 2.05) is 7.05 Å². The highest BCUT2D eigenvalue weighted by Crippen LogP contribution is 2.20. The highest BCUT2D eigenvalue weighted by molar-refractivity contribution is 5.83. The summed E-state index contributed by atoms with van der Waals surface area (Å²) in [4.78, 5) is 13.9. The molecule has 1 amide bonds. The average molecular weight is 247 g/mol. The van der Waals surface area contributed by atoms with Gasteiger partial charge in [-0.1, -0.05) is 6.07 Å². The summed E-state index contributed by atoms with van der Waals surface area (Å²) in [5, 5.41) is 6.11. The molecular weight excluding hydrogens is 226 g/mol. The third-order valence-corrected chi connectivity index (χ3v) is 3.16. The summed E-state index contributed by atoms with van der Waals surface area (Å²) in [6.45, 7) is 6.28. The van der Waals surface area contributed by atoms with Gasteiger partial charge in [0.1, 0.15) is 0 Å². The van der Waals surface area contributed by atoms with Crippen LogP contribution in [0.4, 0.5) is 5.69 Å². The zero-order valence-corrected chi connectivity index (χ0v) is 11.3. The molecule has 0 aromatic heterocycles. The molecule has 1 aliphatic rings. The first-order valence-corrected chi connectivity index (χ1v) is 6.35. The van der Waals surface area contributed by atoms with Crippen molar-refractivity contribution in [1.82, 2.24) is 10.6 Å². The second-order valence-electron chi connectivity index (χ2n) is 5.05. The fourth-order valence-corrected chi connectivity index (χ4v) is 2.51. The smallest absolute Gasteiger partial charge is 0.239 e. The molecule has 0 aliphatic carbocycles. The normalized spacial score (nSPS) is 19.8. The molecule has 1 saturated heterocycles. The van der Waals surface area contributed by atoms with E-state index in [-0.39, 0.29) is 11.9 Å². The van der Waals surface area contributed by atoms with Gasteiger partial charge in [-0.2, -0.15) is 0 Å². The van der Waals surface area contributed by atoms with E-state index < -0.39 is 0 Å². The van der Waals surface area contributed by atoms with Crippen molar-refractivity contribution in [2.75, 3.05) is 31.6 Å². The molecule has 1 fully saturated rings. The Morgan fingerprint density at radius 3 is 2.61 bits per heavy atom. The van der Waals surface area contributed by atoms with Gasteiger partial charge in [-0.3, -0.25) is 4.79 Å². The van der Waals surface area contributed by atoms with E-state index in [4.69, 9.17) is 0 Å². The molecule has 0 spiro atoms. The summed E-state index contributed by atoms with van der Waals surface area (Å²) in [6.07, 6.45) is 0. The van der Waals surface area contributed by atoms with Crippen molar-refractivity contribution in [2.45, 2.75) is 19.9 Å². The van der Waals surface area contributed by atoms with Crippen molar-refractivity contribution in [2.24, 2.45) is 0 Å². The van der Waals surface area contributed by atoms with E-state index in [0.29, 0.717) is 6.54 Å². The van der Waals surface area contributed by atoms with Gasteiger partial charge < -0.3 is 15.5 Å². The number of benzene rings is 1. The zero-order valence-electron chi connectivity index (χ0n) is 11.3. The van der Waals surface area contributed by atoms with Gasteiger partial charge in [-0.05, 0) is 44.2 Å².